The van der Waals surface area contributed by atoms with Crippen molar-refractivity contribution >= 4 is 23.7 Å². The summed E-state index contributed by atoms with van der Waals surface area (Å²) in [5.74, 6) is 1.41. The SMILES string of the molecule is CCOC(=O)N1CC2c3cc(Cl)ccc3Oc3ccc(OC(C)=O)cc3[C@H]2C1. The van der Waals surface area contributed by atoms with E-state index in [0.717, 1.165) is 11.1 Å². The highest BCUT2D eigenvalue weighted by Crippen LogP contribution is 2.51. The van der Waals surface area contributed by atoms with Crippen LogP contribution in [0.2, 0.25) is 5.02 Å². The number of amides is 1. The summed E-state index contributed by atoms with van der Waals surface area (Å²) in [4.78, 5) is 25.4. The molecule has 1 amide bonds. The molecule has 2 aliphatic heterocycles. The molecule has 7 heteroatoms. The van der Waals surface area contributed by atoms with Gasteiger partial charge in [-0.2, -0.15) is 0 Å². The molecule has 146 valence electrons. The van der Waals surface area contributed by atoms with E-state index in [1.54, 1.807) is 30.0 Å². The van der Waals surface area contributed by atoms with Crippen molar-refractivity contribution < 1.29 is 23.8 Å². The summed E-state index contributed by atoms with van der Waals surface area (Å²) in [6, 6.07) is 10.8. The Bertz CT molecular complexity index is 944. The van der Waals surface area contributed by atoms with Crippen LogP contribution in [0.15, 0.2) is 36.4 Å². The van der Waals surface area contributed by atoms with Crippen molar-refractivity contribution in [1.82, 2.24) is 4.90 Å². The summed E-state index contributed by atoms with van der Waals surface area (Å²) in [6.07, 6.45) is -0.335. The van der Waals surface area contributed by atoms with Crippen LogP contribution in [0.1, 0.15) is 36.8 Å². The van der Waals surface area contributed by atoms with Crippen molar-refractivity contribution in [3.05, 3.63) is 52.5 Å². The fourth-order valence-electron chi connectivity index (χ4n) is 3.96. The van der Waals surface area contributed by atoms with Crippen LogP contribution >= 0.6 is 11.6 Å². The monoisotopic (exact) mass is 401 g/mol. The Morgan fingerprint density at radius 1 is 1.11 bits per heavy atom. The minimum atomic E-state index is -0.388. The van der Waals surface area contributed by atoms with E-state index in [2.05, 4.69) is 0 Å². The van der Waals surface area contributed by atoms with Crippen molar-refractivity contribution in [3.8, 4) is 17.2 Å². The predicted molar refractivity (Wildman–Crippen MR) is 103 cm³/mol. The van der Waals surface area contributed by atoms with Gasteiger partial charge in [0.25, 0.3) is 0 Å². The molecule has 2 aromatic carbocycles. The molecule has 2 heterocycles. The Morgan fingerprint density at radius 2 is 1.75 bits per heavy atom. The maximum atomic E-state index is 12.4. The zero-order chi connectivity index (χ0) is 19.8. The number of hydrogen-bond donors (Lipinski definition) is 0. The zero-order valence-corrected chi connectivity index (χ0v) is 16.4. The molecule has 1 saturated heterocycles. The van der Waals surface area contributed by atoms with E-state index in [0.29, 0.717) is 42.0 Å². The highest BCUT2D eigenvalue weighted by atomic mass is 35.5. The Labute approximate surface area is 167 Å². The van der Waals surface area contributed by atoms with E-state index in [-0.39, 0.29) is 23.9 Å². The predicted octanol–water partition coefficient (Wildman–Crippen LogP) is 4.71. The molecule has 4 rings (SSSR count). The van der Waals surface area contributed by atoms with Gasteiger partial charge in [-0.1, -0.05) is 11.6 Å². The molecule has 2 atom stereocenters. The molecule has 0 aliphatic carbocycles. The van der Waals surface area contributed by atoms with Gasteiger partial charge in [-0.25, -0.2) is 4.79 Å². The van der Waals surface area contributed by atoms with Crippen LogP contribution in [-0.2, 0) is 9.53 Å². The topological polar surface area (TPSA) is 65.1 Å². The Morgan fingerprint density at radius 3 is 2.39 bits per heavy atom. The van der Waals surface area contributed by atoms with E-state index in [1.807, 2.05) is 18.2 Å². The van der Waals surface area contributed by atoms with Crippen LogP contribution < -0.4 is 9.47 Å². The molecule has 6 nitrogen and oxygen atoms in total. The van der Waals surface area contributed by atoms with Crippen molar-refractivity contribution in [3.63, 3.8) is 0 Å². The smallest absolute Gasteiger partial charge is 0.409 e. The first kappa shape index (κ1) is 18.6. The molecule has 1 fully saturated rings. The number of carbonyl (C=O) groups is 2. The quantitative estimate of drug-likeness (QED) is 0.538. The van der Waals surface area contributed by atoms with Crippen LogP contribution in [0.25, 0.3) is 0 Å². The molecule has 0 spiro atoms. The lowest BCUT2D eigenvalue weighted by atomic mass is 9.84. The van der Waals surface area contributed by atoms with Gasteiger partial charge in [-0.3, -0.25) is 4.79 Å². The first-order chi connectivity index (χ1) is 13.5. The third kappa shape index (κ3) is 3.40. The highest BCUT2D eigenvalue weighted by Gasteiger charge is 2.42. The van der Waals surface area contributed by atoms with E-state index >= 15 is 0 Å². The summed E-state index contributed by atoms with van der Waals surface area (Å²) < 4.78 is 16.6. The highest BCUT2D eigenvalue weighted by molar-refractivity contribution is 6.30. The van der Waals surface area contributed by atoms with Gasteiger partial charge >= 0.3 is 12.1 Å². The van der Waals surface area contributed by atoms with Gasteiger partial charge in [-0.05, 0) is 43.3 Å². The molecular weight excluding hydrogens is 382 g/mol. The molecule has 0 N–H and O–H groups in total. The van der Waals surface area contributed by atoms with Gasteiger partial charge in [-0.15, -0.1) is 0 Å². The van der Waals surface area contributed by atoms with Gasteiger partial charge in [0.15, 0.2) is 0 Å². The number of hydrogen-bond acceptors (Lipinski definition) is 5. The number of nitrogens with zero attached hydrogens (tertiary/aromatic N) is 1. The molecule has 2 aromatic rings. The molecule has 2 aliphatic rings. The maximum absolute atomic E-state index is 12.4. The van der Waals surface area contributed by atoms with Crippen LogP contribution in [0, 0.1) is 0 Å². The summed E-state index contributed by atoms with van der Waals surface area (Å²) in [5, 5.41) is 0.613. The van der Waals surface area contributed by atoms with E-state index in [1.165, 1.54) is 6.92 Å². The molecule has 28 heavy (non-hydrogen) atoms. The average Bonchev–Trinajstić information content (AvgIpc) is 3.04. The van der Waals surface area contributed by atoms with E-state index in [9.17, 15) is 9.59 Å². The lowest BCUT2D eigenvalue weighted by Gasteiger charge is -2.18. The molecule has 0 saturated carbocycles. The summed E-state index contributed by atoms with van der Waals surface area (Å²) in [5.41, 5.74) is 1.84. The third-order valence-electron chi connectivity index (χ3n) is 5.08. The minimum absolute atomic E-state index is 0.00747. The van der Waals surface area contributed by atoms with Gasteiger partial charge in [0.05, 0.1) is 6.61 Å². The van der Waals surface area contributed by atoms with Crippen LogP contribution in [0.3, 0.4) is 0 Å². The molecular formula is C21H20ClNO5. The number of benzene rings is 2. The summed E-state index contributed by atoms with van der Waals surface area (Å²) >= 11 is 6.24. The molecule has 0 bridgehead atoms. The summed E-state index contributed by atoms with van der Waals surface area (Å²) in [6.45, 7) is 4.45. The van der Waals surface area contributed by atoms with Crippen LogP contribution in [-0.4, -0.2) is 36.7 Å². The normalized spacial score (nSPS) is 19.6. The second kappa shape index (κ2) is 7.36. The second-order valence-corrected chi connectivity index (χ2v) is 7.33. The first-order valence-electron chi connectivity index (χ1n) is 9.17. The number of ether oxygens (including phenoxy) is 3. The number of esters is 1. The number of rotatable bonds is 2. The lowest BCUT2D eigenvalue weighted by Crippen LogP contribution is -2.29. The van der Waals surface area contributed by atoms with Crippen LogP contribution in [0.4, 0.5) is 4.79 Å². The van der Waals surface area contributed by atoms with Gasteiger partial charge in [0.1, 0.15) is 17.2 Å². The molecule has 0 aromatic heterocycles. The molecule has 0 radical (unpaired) electrons. The fourth-order valence-corrected chi connectivity index (χ4v) is 4.14. The van der Waals surface area contributed by atoms with Gasteiger partial charge in [0, 0.05) is 48.0 Å². The lowest BCUT2D eigenvalue weighted by molar-refractivity contribution is -0.131. The van der Waals surface area contributed by atoms with Gasteiger partial charge in [0.2, 0.25) is 0 Å². The third-order valence-corrected chi connectivity index (χ3v) is 5.31. The Kier molecular flexibility index (Phi) is 4.89. The number of likely N-dealkylation sites (tertiary alicyclic amines) is 1. The maximum Gasteiger partial charge on any atom is 0.409 e. The minimum Gasteiger partial charge on any atom is -0.457 e. The van der Waals surface area contributed by atoms with Crippen molar-refractivity contribution in [2.75, 3.05) is 19.7 Å². The number of carbonyl (C=O) groups excluding carboxylic acids is 2. The number of fused-ring (bicyclic) bond motifs is 5. The van der Waals surface area contributed by atoms with Crippen molar-refractivity contribution in [2.24, 2.45) is 0 Å². The van der Waals surface area contributed by atoms with E-state index in [4.69, 9.17) is 25.8 Å². The van der Waals surface area contributed by atoms with Crippen LogP contribution in [0.5, 0.6) is 17.2 Å². The van der Waals surface area contributed by atoms with E-state index < -0.39 is 0 Å². The Hall–Kier alpha value is -2.73. The van der Waals surface area contributed by atoms with Crippen molar-refractivity contribution in [1.29, 1.82) is 0 Å². The van der Waals surface area contributed by atoms with Crippen molar-refractivity contribution in [2.45, 2.75) is 25.7 Å². The average molecular weight is 402 g/mol. The standard InChI is InChI=1S/C21H20ClNO5/c1-3-26-21(25)23-10-17-15-8-13(22)4-6-19(15)28-20-7-5-14(27-12(2)24)9-16(20)18(17)11-23/h4-9,17-18H,3,10-11H2,1-2H3/t17?,18-/m1/s1. The zero-order valence-electron chi connectivity index (χ0n) is 15.6. The van der Waals surface area contributed by atoms with Gasteiger partial charge < -0.3 is 19.1 Å². The second-order valence-electron chi connectivity index (χ2n) is 6.89. The summed E-state index contributed by atoms with van der Waals surface area (Å²) in [7, 11) is 0. The first-order valence-corrected chi connectivity index (χ1v) is 9.55. The fraction of sp³-hybridized carbons (Fsp3) is 0.333. The largest absolute Gasteiger partial charge is 0.457 e. The Balaban J connectivity index is 1.79. The number of halogens is 1. The molecule has 1 unspecified atom stereocenters.